The fourth-order valence-corrected chi connectivity index (χ4v) is 2.26. The Morgan fingerprint density at radius 3 is 2.61 bits per heavy atom. The Balaban J connectivity index is 2.46. The second-order valence-electron chi connectivity index (χ2n) is 4.77. The molecule has 0 amide bonds. The van der Waals surface area contributed by atoms with Gasteiger partial charge in [0.2, 0.25) is 0 Å². The van der Waals surface area contributed by atoms with Crippen LogP contribution < -0.4 is 15.8 Å². The highest BCUT2D eigenvalue weighted by Crippen LogP contribution is 2.25. The Kier molecular flexibility index (Phi) is 6.76. The highest BCUT2D eigenvalue weighted by Gasteiger charge is 2.06. The number of nitrogens with one attached hydrogen (secondary N) is 1. The van der Waals surface area contributed by atoms with Crippen molar-refractivity contribution in [3.05, 3.63) is 28.8 Å². The third-order valence-electron chi connectivity index (χ3n) is 3.08. The van der Waals surface area contributed by atoms with Crippen molar-refractivity contribution in [2.75, 3.05) is 26.7 Å². The molecule has 0 aliphatic carbocycles. The molecule has 18 heavy (non-hydrogen) atoms. The van der Waals surface area contributed by atoms with E-state index >= 15 is 0 Å². The molecule has 102 valence electrons. The van der Waals surface area contributed by atoms with Crippen molar-refractivity contribution in [3.63, 3.8) is 0 Å². The molecule has 0 atom stereocenters. The minimum Gasteiger partial charge on any atom is -0.496 e. The van der Waals surface area contributed by atoms with E-state index in [0.717, 1.165) is 44.6 Å². The van der Waals surface area contributed by atoms with Crippen LogP contribution in [0.1, 0.15) is 29.5 Å². The van der Waals surface area contributed by atoms with E-state index in [1.54, 1.807) is 7.11 Å². The average Bonchev–Trinajstić information content (AvgIpc) is 2.33. The molecule has 0 bridgehead atoms. The van der Waals surface area contributed by atoms with Gasteiger partial charge in [-0.25, -0.2) is 0 Å². The summed E-state index contributed by atoms with van der Waals surface area (Å²) >= 11 is 0. The maximum absolute atomic E-state index is 5.48. The second-order valence-corrected chi connectivity index (χ2v) is 4.77. The first-order chi connectivity index (χ1) is 8.69. The molecule has 1 aromatic rings. The standard InChI is InChI=1S/C15H26N2O/c1-12-10-13(2)15(18-3)14(11-12)6-9-17-8-5-4-7-16/h10-11,17H,4-9,16H2,1-3H3. The van der Waals surface area contributed by atoms with Gasteiger partial charge < -0.3 is 15.8 Å². The molecule has 0 aromatic heterocycles. The van der Waals surface area contributed by atoms with Gasteiger partial charge in [-0.15, -0.1) is 0 Å². The molecule has 3 heteroatoms. The Hall–Kier alpha value is -1.06. The zero-order valence-corrected chi connectivity index (χ0v) is 11.9. The van der Waals surface area contributed by atoms with Crippen molar-refractivity contribution in [3.8, 4) is 5.75 Å². The Morgan fingerprint density at radius 2 is 1.94 bits per heavy atom. The van der Waals surface area contributed by atoms with Gasteiger partial charge in [-0.2, -0.15) is 0 Å². The minimum absolute atomic E-state index is 0.784. The molecule has 3 nitrogen and oxygen atoms in total. The third-order valence-corrected chi connectivity index (χ3v) is 3.08. The lowest BCUT2D eigenvalue weighted by Crippen LogP contribution is -2.19. The monoisotopic (exact) mass is 250 g/mol. The highest BCUT2D eigenvalue weighted by molar-refractivity contribution is 5.43. The van der Waals surface area contributed by atoms with Gasteiger partial charge >= 0.3 is 0 Å². The number of nitrogens with two attached hydrogens (primary N) is 1. The van der Waals surface area contributed by atoms with Crippen LogP contribution in [0.15, 0.2) is 12.1 Å². The summed E-state index contributed by atoms with van der Waals surface area (Å²) in [7, 11) is 1.75. The van der Waals surface area contributed by atoms with Gasteiger partial charge in [0, 0.05) is 0 Å². The van der Waals surface area contributed by atoms with Gasteiger partial charge in [-0.1, -0.05) is 17.7 Å². The molecule has 0 heterocycles. The largest absolute Gasteiger partial charge is 0.496 e. The summed E-state index contributed by atoms with van der Waals surface area (Å²) in [6.07, 6.45) is 3.26. The quantitative estimate of drug-likeness (QED) is 0.695. The summed E-state index contributed by atoms with van der Waals surface area (Å²) in [6.45, 7) is 7.05. The van der Waals surface area contributed by atoms with E-state index in [2.05, 4.69) is 31.3 Å². The summed E-state index contributed by atoms with van der Waals surface area (Å²) in [6, 6.07) is 4.38. The molecular weight excluding hydrogens is 224 g/mol. The number of aryl methyl sites for hydroxylation is 2. The van der Waals surface area contributed by atoms with Gasteiger partial charge in [-0.05, 0) is 63.9 Å². The van der Waals surface area contributed by atoms with Gasteiger partial charge in [0.15, 0.2) is 0 Å². The molecule has 3 N–H and O–H groups in total. The van der Waals surface area contributed by atoms with Gasteiger partial charge in [0.25, 0.3) is 0 Å². The number of rotatable bonds is 8. The summed E-state index contributed by atoms with van der Waals surface area (Å²) in [4.78, 5) is 0. The second kappa shape index (κ2) is 8.11. The number of methoxy groups -OCH3 is 1. The number of unbranched alkanes of at least 4 members (excludes halogenated alkanes) is 1. The lowest BCUT2D eigenvalue weighted by atomic mass is 10.0. The van der Waals surface area contributed by atoms with E-state index in [-0.39, 0.29) is 0 Å². The molecule has 1 rings (SSSR count). The van der Waals surface area contributed by atoms with E-state index in [0.29, 0.717) is 0 Å². The van der Waals surface area contributed by atoms with E-state index in [1.165, 1.54) is 16.7 Å². The Labute approximate surface area is 111 Å². The summed E-state index contributed by atoms with van der Waals surface area (Å²) < 4.78 is 5.48. The lowest BCUT2D eigenvalue weighted by molar-refractivity contribution is 0.406. The molecule has 0 fully saturated rings. The molecule has 0 saturated carbocycles. The van der Waals surface area contributed by atoms with Crippen LogP contribution in [0.25, 0.3) is 0 Å². The molecule has 0 aliphatic heterocycles. The lowest BCUT2D eigenvalue weighted by Gasteiger charge is -2.13. The van der Waals surface area contributed by atoms with Crippen LogP contribution in [-0.4, -0.2) is 26.7 Å². The highest BCUT2D eigenvalue weighted by atomic mass is 16.5. The van der Waals surface area contributed by atoms with Crippen LogP contribution in [-0.2, 0) is 6.42 Å². The topological polar surface area (TPSA) is 47.3 Å². The number of hydrogen-bond acceptors (Lipinski definition) is 3. The molecule has 0 spiro atoms. The molecule has 0 radical (unpaired) electrons. The van der Waals surface area contributed by atoms with E-state index < -0.39 is 0 Å². The van der Waals surface area contributed by atoms with Crippen molar-refractivity contribution in [2.45, 2.75) is 33.1 Å². The number of benzene rings is 1. The predicted octanol–water partition coefficient (Wildman–Crippen LogP) is 2.18. The minimum atomic E-state index is 0.784. The van der Waals surface area contributed by atoms with Crippen LogP contribution in [0.2, 0.25) is 0 Å². The molecule has 0 aliphatic rings. The zero-order chi connectivity index (χ0) is 13.4. The normalized spacial score (nSPS) is 10.7. The van der Waals surface area contributed by atoms with Gasteiger partial charge in [-0.3, -0.25) is 0 Å². The number of hydrogen-bond donors (Lipinski definition) is 2. The molecule has 0 unspecified atom stereocenters. The third kappa shape index (κ3) is 4.67. The van der Waals surface area contributed by atoms with E-state index in [1.807, 2.05) is 0 Å². The maximum atomic E-state index is 5.48. The van der Waals surface area contributed by atoms with Crippen molar-refractivity contribution >= 4 is 0 Å². The SMILES string of the molecule is COc1c(C)cc(C)cc1CCNCCCCN. The van der Waals surface area contributed by atoms with E-state index in [4.69, 9.17) is 10.5 Å². The summed E-state index contributed by atoms with van der Waals surface area (Å²) in [5.41, 5.74) is 9.27. The Morgan fingerprint density at radius 1 is 1.17 bits per heavy atom. The first kappa shape index (κ1) is 15.0. The Bertz CT molecular complexity index is 364. The van der Waals surface area contributed by atoms with Crippen molar-refractivity contribution in [2.24, 2.45) is 5.73 Å². The molecule has 1 aromatic carbocycles. The van der Waals surface area contributed by atoms with Crippen molar-refractivity contribution in [1.29, 1.82) is 0 Å². The summed E-state index contributed by atoms with van der Waals surface area (Å²) in [5.74, 6) is 1.03. The first-order valence-corrected chi connectivity index (χ1v) is 6.74. The van der Waals surface area contributed by atoms with Gasteiger partial charge in [0.05, 0.1) is 7.11 Å². The summed E-state index contributed by atoms with van der Waals surface area (Å²) in [5, 5.41) is 3.45. The first-order valence-electron chi connectivity index (χ1n) is 6.74. The van der Waals surface area contributed by atoms with E-state index in [9.17, 15) is 0 Å². The predicted molar refractivity (Wildman–Crippen MR) is 77.3 cm³/mol. The van der Waals surface area contributed by atoms with Crippen molar-refractivity contribution < 1.29 is 4.74 Å². The maximum Gasteiger partial charge on any atom is 0.125 e. The molecule has 0 saturated heterocycles. The smallest absolute Gasteiger partial charge is 0.125 e. The molecular formula is C15H26N2O. The fraction of sp³-hybridized carbons (Fsp3) is 0.600. The van der Waals surface area contributed by atoms with Crippen LogP contribution in [0.3, 0.4) is 0 Å². The van der Waals surface area contributed by atoms with Gasteiger partial charge in [0.1, 0.15) is 5.75 Å². The van der Waals surface area contributed by atoms with Crippen molar-refractivity contribution in [1.82, 2.24) is 5.32 Å². The average molecular weight is 250 g/mol. The van der Waals surface area contributed by atoms with Crippen LogP contribution >= 0.6 is 0 Å². The zero-order valence-electron chi connectivity index (χ0n) is 11.9. The van der Waals surface area contributed by atoms with Crippen LogP contribution in [0.5, 0.6) is 5.75 Å². The fourth-order valence-electron chi connectivity index (χ4n) is 2.26. The van der Waals surface area contributed by atoms with Crippen LogP contribution in [0.4, 0.5) is 0 Å². The number of ether oxygens (including phenoxy) is 1. The van der Waals surface area contributed by atoms with Crippen LogP contribution in [0, 0.1) is 13.8 Å².